The zero-order valence-electron chi connectivity index (χ0n) is 16.4. The Labute approximate surface area is 162 Å². The number of aliphatic hydroxyl groups is 3. The Bertz CT molecular complexity index is 402. The Morgan fingerprint density at radius 2 is 1.77 bits per heavy atom. The molecule has 0 aliphatic heterocycles. The predicted molar refractivity (Wildman–Crippen MR) is 106 cm³/mol. The van der Waals surface area contributed by atoms with Gasteiger partial charge in [0, 0.05) is 5.92 Å². The molecule has 6 heteroatoms. The summed E-state index contributed by atoms with van der Waals surface area (Å²) < 4.78 is 0. The van der Waals surface area contributed by atoms with Gasteiger partial charge in [0.05, 0.1) is 23.6 Å². The van der Waals surface area contributed by atoms with Crippen molar-refractivity contribution in [2.75, 3.05) is 11.5 Å². The first-order valence-corrected chi connectivity index (χ1v) is 11.3. The van der Waals surface area contributed by atoms with Crippen molar-refractivity contribution >= 4 is 17.7 Å². The smallest absolute Gasteiger partial charge is 0.313 e. The molecule has 26 heavy (non-hydrogen) atoms. The van der Waals surface area contributed by atoms with Crippen LogP contribution in [0.25, 0.3) is 0 Å². The van der Waals surface area contributed by atoms with Gasteiger partial charge in [-0.25, -0.2) is 0 Å². The molecular formula is C20H38O5S. The van der Waals surface area contributed by atoms with Crippen LogP contribution in [-0.4, -0.2) is 55.7 Å². The highest BCUT2D eigenvalue weighted by atomic mass is 32.2. The van der Waals surface area contributed by atoms with Gasteiger partial charge < -0.3 is 20.4 Å². The highest BCUT2D eigenvalue weighted by molar-refractivity contribution is 7.99. The number of hydrogen-bond acceptors (Lipinski definition) is 5. The van der Waals surface area contributed by atoms with Crippen LogP contribution in [0.15, 0.2) is 0 Å². The molecule has 154 valence electrons. The molecule has 0 radical (unpaired) electrons. The van der Waals surface area contributed by atoms with Crippen LogP contribution in [0.4, 0.5) is 0 Å². The molecule has 1 saturated carbocycles. The quantitative estimate of drug-likeness (QED) is 0.339. The van der Waals surface area contributed by atoms with Crippen LogP contribution in [0.5, 0.6) is 0 Å². The largest absolute Gasteiger partial charge is 0.481 e. The third-order valence-electron chi connectivity index (χ3n) is 5.66. The van der Waals surface area contributed by atoms with Crippen molar-refractivity contribution in [2.45, 2.75) is 95.9 Å². The zero-order valence-corrected chi connectivity index (χ0v) is 17.2. The number of rotatable bonds is 14. The molecule has 0 amide bonds. The van der Waals surface area contributed by atoms with Gasteiger partial charge in [-0.3, -0.25) is 4.79 Å². The second-order valence-electron chi connectivity index (χ2n) is 8.02. The summed E-state index contributed by atoms with van der Waals surface area (Å²) in [7, 11) is 0. The lowest BCUT2D eigenvalue weighted by atomic mass is 9.75. The number of unbranched alkanes of at least 4 members (excludes halogenated alkanes) is 5. The summed E-state index contributed by atoms with van der Waals surface area (Å²) in [6.45, 7) is 3.99. The number of aliphatic hydroxyl groups excluding tert-OH is 2. The molecule has 0 aromatic carbocycles. The summed E-state index contributed by atoms with van der Waals surface area (Å²) in [5, 5.41) is 40.4. The first kappa shape index (κ1) is 23.7. The van der Waals surface area contributed by atoms with Crippen LogP contribution in [0.3, 0.4) is 0 Å². The number of carboxylic acid groups (broad SMARTS) is 1. The molecule has 4 N–H and O–H groups in total. The van der Waals surface area contributed by atoms with Gasteiger partial charge in [0.15, 0.2) is 0 Å². The number of carboxylic acids is 1. The van der Waals surface area contributed by atoms with Gasteiger partial charge in [-0.2, -0.15) is 11.8 Å². The molecule has 0 saturated heterocycles. The second-order valence-corrected chi connectivity index (χ2v) is 9.13. The van der Waals surface area contributed by atoms with E-state index in [1.807, 2.05) is 6.92 Å². The van der Waals surface area contributed by atoms with Gasteiger partial charge in [-0.05, 0) is 44.3 Å². The van der Waals surface area contributed by atoms with Crippen molar-refractivity contribution in [1.82, 2.24) is 0 Å². The lowest BCUT2D eigenvalue weighted by Crippen LogP contribution is -2.43. The van der Waals surface area contributed by atoms with E-state index in [9.17, 15) is 20.1 Å². The Kier molecular flexibility index (Phi) is 11.2. The highest BCUT2D eigenvalue weighted by Gasteiger charge is 2.49. The van der Waals surface area contributed by atoms with Crippen LogP contribution in [0, 0.1) is 11.8 Å². The number of carbonyl (C=O) groups is 1. The molecule has 0 bridgehead atoms. The Morgan fingerprint density at radius 3 is 2.42 bits per heavy atom. The molecule has 5 atom stereocenters. The molecule has 0 spiro atoms. The molecular weight excluding hydrogens is 352 g/mol. The molecule has 0 aromatic heterocycles. The van der Waals surface area contributed by atoms with Gasteiger partial charge in [0.2, 0.25) is 0 Å². The third kappa shape index (κ3) is 8.15. The standard InChI is InChI=1S/C20H38O5S/c1-3-4-5-6-8-11-20(2,25)19-15(16(21)13-17(19)22)10-7-9-12-26-14-18(23)24/h15-17,19,21-22,25H,3-14H2,1-2H3,(H,23,24). The fraction of sp³-hybridized carbons (Fsp3) is 0.950. The average molecular weight is 391 g/mol. The topological polar surface area (TPSA) is 98.0 Å². The van der Waals surface area contributed by atoms with E-state index >= 15 is 0 Å². The molecule has 5 nitrogen and oxygen atoms in total. The first-order chi connectivity index (χ1) is 12.3. The Balaban J connectivity index is 2.45. The maximum absolute atomic E-state index is 11.0. The van der Waals surface area contributed by atoms with Gasteiger partial charge in [-0.15, -0.1) is 0 Å². The first-order valence-electron chi connectivity index (χ1n) is 10.2. The van der Waals surface area contributed by atoms with Crippen molar-refractivity contribution in [1.29, 1.82) is 0 Å². The second kappa shape index (κ2) is 12.2. The third-order valence-corrected chi connectivity index (χ3v) is 6.69. The number of aliphatic carboxylic acids is 1. The maximum atomic E-state index is 11.0. The number of thioether (sulfide) groups is 1. The minimum Gasteiger partial charge on any atom is -0.481 e. The summed E-state index contributed by atoms with van der Waals surface area (Å²) in [5.74, 6) is -0.245. The fourth-order valence-corrected chi connectivity index (χ4v) is 5.07. The van der Waals surface area contributed by atoms with E-state index in [1.165, 1.54) is 31.0 Å². The van der Waals surface area contributed by atoms with Crippen molar-refractivity contribution in [3.63, 3.8) is 0 Å². The fourth-order valence-electron chi connectivity index (χ4n) is 4.34. The van der Waals surface area contributed by atoms with Gasteiger partial charge >= 0.3 is 5.97 Å². The molecule has 0 heterocycles. The summed E-state index contributed by atoms with van der Waals surface area (Å²) >= 11 is 1.41. The van der Waals surface area contributed by atoms with Gasteiger partial charge in [0.1, 0.15) is 0 Å². The van der Waals surface area contributed by atoms with Crippen molar-refractivity contribution in [3.8, 4) is 0 Å². The molecule has 0 aromatic rings. The summed E-state index contributed by atoms with van der Waals surface area (Å²) in [6.07, 6.45) is 7.97. The van der Waals surface area contributed by atoms with E-state index in [2.05, 4.69) is 6.92 Å². The Morgan fingerprint density at radius 1 is 1.08 bits per heavy atom. The molecule has 1 rings (SSSR count). The molecule has 5 unspecified atom stereocenters. The monoisotopic (exact) mass is 390 g/mol. The van der Waals surface area contributed by atoms with Crippen LogP contribution in [0.1, 0.15) is 78.1 Å². The van der Waals surface area contributed by atoms with Crippen molar-refractivity contribution in [2.24, 2.45) is 11.8 Å². The molecule has 1 fully saturated rings. The SMILES string of the molecule is CCCCCCCC(C)(O)C1C(O)CC(O)C1CCCCSCC(=O)O. The maximum Gasteiger partial charge on any atom is 0.313 e. The summed E-state index contributed by atoms with van der Waals surface area (Å²) in [4.78, 5) is 10.5. The number of hydrogen-bond donors (Lipinski definition) is 4. The van der Waals surface area contributed by atoms with Crippen LogP contribution in [0.2, 0.25) is 0 Å². The van der Waals surface area contributed by atoms with E-state index < -0.39 is 23.8 Å². The van der Waals surface area contributed by atoms with E-state index in [1.54, 1.807) is 0 Å². The van der Waals surface area contributed by atoms with Gasteiger partial charge in [0.25, 0.3) is 0 Å². The lowest BCUT2D eigenvalue weighted by molar-refractivity contribution is -0.133. The van der Waals surface area contributed by atoms with Crippen LogP contribution < -0.4 is 0 Å². The molecule has 1 aliphatic rings. The van der Waals surface area contributed by atoms with Crippen molar-refractivity contribution < 1.29 is 25.2 Å². The van der Waals surface area contributed by atoms with E-state index in [0.29, 0.717) is 12.8 Å². The van der Waals surface area contributed by atoms with Crippen molar-refractivity contribution in [3.05, 3.63) is 0 Å². The highest BCUT2D eigenvalue weighted by Crippen LogP contribution is 2.44. The van der Waals surface area contributed by atoms with E-state index in [0.717, 1.165) is 37.9 Å². The Hall–Kier alpha value is -0.300. The van der Waals surface area contributed by atoms with E-state index in [4.69, 9.17) is 5.11 Å². The van der Waals surface area contributed by atoms with Crippen LogP contribution in [-0.2, 0) is 4.79 Å². The zero-order chi connectivity index (χ0) is 19.6. The lowest BCUT2D eigenvalue weighted by Gasteiger charge is -2.37. The summed E-state index contributed by atoms with van der Waals surface area (Å²) in [6, 6.07) is 0. The van der Waals surface area contributed by atoms with E-state index in [-0.39, 0.29) is 17.6 Å². The minimum absolute atomic E-state index is 0.0832. The predicted octanol–water partition coefficient (Wildman–Crippen LogP) is 3.44. The molecule has 1 aliphatic carbocycles. The van der Waals surface area contributed by atoms with Gasteiger partial charge in [-0.1, -0.05) is 45.4 Å². The normalized spacial score (nSPS) is 28.2. The minimum atomic E-state index is -0.953. The average Bonchev–Trinajstić information content (AvgIpc) is 2.84. The van der Waals surface area contributed by atoms with Crippen LogP contribution >= 0.6 is 11.8 Å². The summed E-state index contributed by atoms with van der Waals surface area (Å²) in [5.41, 5.74) is -0.953.